The van der Waals surface area contributed by atoms with Crippen molar-refractivity contribution in [1.29, 1.82) is 0 Å². The van der Waals surface area contributed by atoms with Crippen molar-refractivity contribution in [2.45, 2.75) is 45.4 Å². The van der Waals surface area contributed by atoms with E-state index in [1.165, 1.54) is 31.4 Å². The summed E-state index contributed by atoms with van der Waals surface area (Å²) in [4.78, 5) is 4.60. The Labute approximate surface area is 122 Å². The Hall–Kier alpha value is -0.640. The van der Waals surface area contributed by atoms with Crippen LogP contribution in [-0.2, 0) is 0 Å². The molecule has 3 nitrogen and oxygen atoms in total. The van der Waals surface area contributed by atoms with Crippen molar-refractivity contribution in [3.05, 3.63) is 11.6 Å². The van der Waals surface area contributed by atoms with E-state index in [2.05, 4.69) is 34.9 Å². The molecule has 0 atom stereocenters. The molecule has 1 rings (SSSR count). The molecular formula is C15H29N3S. The van der Waals surface area contributed by atoms with Crippen molar-refractivity contribution >= 4 is 17.7 Å². The van der Waals surface area contributed by atoms with Crippen LogP contribution in [0.5, 0.6) is 0 Å². The monoisotopic (exact) mass is 283 g/mol. The first kappa shape index (κ1) is 16.4. The van der Waals surface area contributed by atoms with E-state index in [4.69, 9.17) is 0 Å². The van der Waals surface area contributed by atoms with Gasteiger partial charge < -0.3 is 10.6 Å². The van der Waals surface area contributed by atoms with Crippen LogP contribution in [0.2, 0.25) is 0 Å². The largest absolute Gasteiger partial charge is 0.357 e. The summed E-state index contributed by atoms with van der Waals surface area (Å²) in [7, 11) is 0. The quantitative estimate of drug-likeness (QED) is 0.311. The topological polar surface area (TPSA) is 36.4 Å². The fraction of sp³-hybridized carbons (Fsp3) is 0.800. The summed E-state index contributed by atoms with van der Waals surface area (Å²) < 4.78 is 0. The number of thioether (sulfide) groups is 1. The van der Waals surface area contributed by atoms with E-state index in [0.29, 0.717) is 0 Å². The molecule has 0 radical (unpaired) electrons. The van der Waals surface area contributed by atoms with Gasteiger partial charge in [0.25, 0.3) is 0 Å². The second-order valence-corrected chi connectivity index (χ2v) is 5.88. The van der Waals surface area contributed by atoms with Crippen molar-refractivity contribution in [3.63, 3.8) is 0 Å². The summed E-state index contributed by atoms with van der Waals surface area (Å²) in [5, 5.41) is 6.75. The number of rotatable bonds is 8. The molecule has 0 fully saturated rings. The van der Waals surface area contributed by atoms with Crippen LogP contribution in [0.3, 0.4) is 0 Å². The zero-order valence-electron chi connectivity index (χ0n) is 12.5. The summed E-state index contributed by atoms with van der Waals surface area (Å²) in [6.45, 7) is 4.96. The highest BCUT2D eigenvalue weighted by Crippen LogP contribution is 2.19. The zero-order chi connectivity index (χ0) is 13.8. The van der Waals surface area contributed by atoms with E-state index in [9.17, 15) is 0 Å². The summed E-state index contributed by atoms with van der Waals surface area (Å²) >= 11 is 1.89. The third-order valence-electron chi connectivity index (χ3n) is 3.24. The van der Waals surface area contributed by atoms with E-state index in [-0.39, 0.29) is 0 Å². The predicted octanol–water partition coefficient (Wildman–Crippen LogP) is 3.19. The SMILES string of the molecule is CCNC(=NCCCSC)NCCC1=CCCCC1. The maximum absolute atomic E-state index is 4.60. The van der Waals surface area contributed by atoms with Gasteiger partial charge in [0.05, 0.1) is 0 Å². The van der Waals surface area contributed by atoms with Gasteiger partial charge in [-0.2, -0.15) is 11.8 Å². The Morgan fingerprint density at radius 2 is 2.26 bits per heavy atom. The van der Waals surface area contributed by atoms with Gasteiger partial charge in [-0.1, -0.05) is 11.6 Å². The number of guanidine groups is 1. The molecule has 2 N–H and O–H groups in total. The predicted molar refractivity (Wildman–Crippen MR) is 88.1 cm³/mol. The second-order valence-electron chi connectivity index (χ2n) is 4.89. The van der Waals surface area contributed by atoms with Crippen molar-refractivity contribution in [2.24, 2.45) is 4.99 Å². The van der Waals surface area contributed by atoms with Gasteiger partial charge in [-0.25, -0.2) is 0 Å². The Morgan fingerprint density at radius 1 is 1.37 bits per heavy atom. The molecule has 0 saturated carbocycles. The standard InChI is InChI=1S/C15H29N3S/c1-3-16-15(17-11-7-13-19-2)18-12-10-14-8-5-4-6-9-14/h8H,3-7,9-13H2,1-2H3,(H2,16,17,18). The minimum Gasteiger partial charge on any atom is -0.357 e. The number of aliphatic imine (C=N–C) groups is 1. The lowest BCUT2D eigenvalue weighted by Crippen LogP contribution is -2.38. The highest BCUT2D eigenvalue weighted by atomic mass is 32.2. The molecule has 1 aliphatic rings. The minimum absolute atomic E-state index is 0.916. The van der Waals surface area contributed by atoms with Crippen molar-refractivity contribution in [2.75, 3.05) is 31.6 Å². The van der Waals surface area contributed by atoms with Crippen LogP contribution < -0.4 is 10.6 Å². The average molecular weight is 283 g/mol. The number of hydrogen-bond donors (Lipinski definition) is 2. The lowest BCUT2D eigenvalue weighted by Gasteiger charge is -2.15. The first-order valence-electron chi connectivity index (χ1n) is 7.56. The molecule has 0 aliphatic heterocycles. The minimum atomic E-state index is 0.916. The molecule has 0 spiro atoms. The highest BCUT2D eigenvalue weighted by Gasteiger charge is 2.03. The van der Waals surface area contributed by atoms with Crippen LogP contribution in [0.1, 0.15) is 45.4 Å². The van der Waals surface area contributed by atoms with Gasteiger partial charge in [-0.3, -0.25) is 4.99 Å². The molecule has 0 aromatic heterocycles. The Bertz CT molecular complexity index is 287. The Morgan fingerprint density at radius 3 is 2.95 bits per heavy atom. The molecule has 1 aliphatic carbocycles. The Balaban J connectivity index is 2.22. The zero-order valence-corrected chi connectivity index (χ0v) is 13.3. The molecule has 0 aromatic carbocycles. The summed E-state index contributed by atoms with van der Waals surface area (Å²) in [6.07, 6.45) is 12.2. The van der Waals surface area contributed by atoms with Gasteiger partial charge in [0.15, 0.2) is 5.96 Å². The molecule has 19 heavy (non-hydrogen) atoms. The summed E-state index contributed by atoms with van der Waals surface area (Å²) in [6, 6.07) is 0. The first-order valence-corrected chi connectivity index (χ1v) is 8.95. The normalized spacial score (nSPS) is 16.1. The van der Waals surface area contributed by atoms with Crippen molar-refractivity contribution in [3.8, 4) is 0 Å². The third-order valence-corrected chi connectivity index (χ3v) is 3.94. The van der Waals surface area contributed by atoms with Crippen molar-refractivity contribution < 1.29 is 0 Å². The van der Waals surface area contributed by atoms with Crippen LogP contribution in [-0.4, -0.2) is 37.6 Å². The van der Waals surface area contributed by atoms with Gasteiger partial charge in [0.2, 0.25) is 0 Å². The molecule has 110 valence electrons. The molecule has 0 unspecified atom stereocenters. The maximum atomic E-state index is 4.60. The summed E-state index contributed by atoms with van der Waals surface area (Å²) in [5.41, 5.74) is 1.62. The number of nitrogens with one attached hydrogen (secondary N) is 2. The van der Waals surface area contributed by atoms with Crippen LogP contribution in [0, 0.1) is 0 Å². The van der Waals surface area contributed by atoms with Crippen LogP contribution in [0.25, 0.3) is 0 Å². The van der Waals surface area contributed by atoms with Gasteiger partial charge in [-0.05, 0) is 57.5 Å². The molecule has 4 heteroatoms. The van der Waals surface area contributed by atoms with E-state index in [1.54, 1.807) is 5.57 Å². The number of allylic oxidation sites excluding steroid dienone is 1. The smallest absolute Gasteiger partial charge is 0.191 e. The van der Waals surface area contributed by atoms with Gasteiger partial charge >= 0.3 is 0 Å². The fourth-order valence-corrected chi connectivity index (χ4v) is 2.63. The average Bonchev–Trinajstić information content (AvgIpc) is 2.44. The van der Waals surface area contributed by atoms with E-state index >= 15 is 0 Å². The molecule has 0 bridgehead atoms. The maximum Gasteiger partial charge on any atom is 0.191 e. The lowest BCUT2D eigenvalue weighted by atomic mass is 9.97. The second kappa shape index (κ2) is 11.2. The first-order chi connectivity index (χ1) is 9.36. The highest BCUT2D eigenvalue weighted by molar-refractivity contribution is 7.98. The molecule has 0 saturated heterocycles. The fourth-order valence-electron chi connectivity index (χ4n) is 2.21. The van der Waals surface area contributed by atoms with E-state index in [1.807, 2.05) is 11.8 Å². The molecule has 0 heterocycles. The van der Waals surface area contributed by atoms with Crippen LogP contribution in [0.4, 0.5) is 0 Å². The Kier molecular flexibility index (Phi) is 9.68. The van der Waals surface area contributed by atoms with Crippen LogP contribution >= 0.6 is 11.8 Å². The molecule has 0 amide bonds. The number of nitrogens with zero attached hydrogens (tertiary/aromatic N) is 1. The lowest BCUT2D eigenvalue weighted by molar-refractivity contribution is 0.665. The number of hydrogen-bond acceptors (Lipinski definition) is 2. The summed E-state index contributed by atoms with van der Waals surface area (Å²) in [5.74, 6) is 2.16. The van der Waals surface area contributed by atoms with Crippen molar-refractivity contribution in [1.82, 2.24) is 10.6 Å². The van der Waals surface area contributed by atoms with E-state index < -0.39 is 0 Å². The molecule has 0 aromatic rings. The van der Waals surface area contributed by atoms with Crippen LogP contribution in [0.15, 0.2) is 16.6 Å². The van der Waals surface area contributed by atoms with Gasteiger partial charge in [0.1, 0.15) is 0 Å². The van der Waals surface area contributed by atoms with Gasteiger partial charge in [-0.15, -0.1) is 0 Å². The third kappa shape index (κ3) is 8.19. The van der Waals surface area contributed by atoms with E-state index in [0.717, 1.165) is 38.4 Å². The van der Waals surface area contributed by atoms with Gasteiger partial charge in [0, 0.05) is 19.6 Å². The molecular weight excluding hydrogens is 254 g/mol.